The van der Waals surface area contributed by atoms with Crippen molar-refractivity contribution in [3.63, 3.8) is 0 Å². The van der Waals surface area contributed by atoms with Gasteiger partial charge < -0.3 is 4.90 Å². The zero-order valence-corrected chi connectivity index (χ0v) is 8.88. The minimum atomic E-state index is 1.21. The van der Waals surface area contributed by atoms with Crippen LogP contribution in [0.3, 0.4) is 0 Å². The zero-order valence-electron chi connectivity index (χ0n) is 7.29. The molecule has 1 aromatic rings. The number of halogens is 1. The monoisotopic (exact) mass is 225 g/mol. The van der Waals surface area contributed by atoms with Crippen molar-refractivity contribution in [1.29, 1.82) is 0 Å². The first-order valence-corrected chi connectivity index (χ1v) is 4.70. The van der Waals surface area contributed by atoms with Crippen LogP contribution in [0.2, 0.25) is 0 Å². The lowest BCUT2D eigenvalue weighted by Gasteiger charge is -2.11. The van der Waals surface area contributed by atoms with E-state index < -0.39 is 0 Å². The van der Waals surface area contributed by atoms with Crippen molar-refractivity contribution in [3.8, 4) is 0 Å². The molecular weight excluding hydrogens is 214 g/mol. The lowest BCUT2D eigenvalue weighted by atomic mass is 10.2. The highest BCUT2D eigenvalue weighted by molar-refractivity contribution is 9.11. The van der Waals surface area contributed by atoms with E-state index in [9.17, 15) is 0 Å². The Balaban J connectivity index is 2.85. The Morgan fingerprint density at radius 2 is 1.75 bits per heavy atom. The minimum Gasteiger partial charge on any atom is -0.378 e. The van der Waals surface area contributed by atoms with Gasteiger partial charge in [-0.3, -0.25) is 0 Å². The molecule has 1 nitrogen and oxygen atoms in total. The number of nitrogens with zero attached hydrogens (tertiary/aromatic N) is 1. The summed E-state index contributed by atoms with van der Waals surface area (Å²) in [4.78, 5) is 3.94. The van der Waals surface area contributed by atoms with Crippen LogP contribution in [0.5, 0.6) is 0 Å². The molecule has 0 amide bonds. The first-order chi connectivity index (χ1) is 5.74. The molecule has 0 heterocycles. The first kappa shape index (κ1) is 9.33. The highest BCUT2D eigenvalue weighted by Crippen LogP contribution is 2.13. The summed E-state index contributed by atoms with van der Waals surface area (Å²) < 4.78 is 0. The van der Waals surface area contributed by atoms with Crippen LogP contribution in [0.1, 0.15) is 5.56 Å². The van der Waals surface area contributed by atoms with Gasteiger partial charge in [0.2, 0.25) is 0 Å². The lowest BCUT2D eigenvalue weighted by molar-refractivity contribution is 1.13. The van der Waals surface area contributed by atoms with E-state index >= 15 is 0 Å². The molecule has 1 aromatic carbocycles. The van der Waals surface area contributed by atoms with Gasteiger partial charge in [-0.2, -0.15) is 0 Å². The third-order valence-corrected chi connectivity index (χ3v) is 1.93. The van der Waals surface area contributed by atoms with Gasteiger partial charge in [0.15, 0.2) is 0 Å². The topological polar surface area (TPSA) is 3.24 Å². The van der Waals surface area contributed by atoms with E-state index in [0.717, 1.165) is 0 Å². The van der Waals surface area contributed by atoms with Gasteiger partial charge in [-0.25, -0.2) is 0 Å². The van der Waals surface area contributed by atoms with E-state index in [1.54, 1.807) is 0 Å². The predicted molar refractivity (Wildman–Crippen MR) is 58.7 cm³/mol. The van der Waals surface area contributed by atoms with Crippen LogP contribution >= 0.6 is 15.9 Å². The molecule has 0 spiro atoms. The molecule has 1 rings (SSSR count). The Labute approximate surface area is 81.8 Å². The Morgan fingerprint density at radius 1 is 1.17 bits per heavy atom. The fourth-order valence-electron chi connectivity index (χ4n) is 0.956. The van der Waals surface area contributed by atoms with Gasteiger partial charge in [0.1, 0.15) is 0 Å². The molecule has 0 aromatic heterocycles. The van der Waals surface area contributed by atoms with Crippen molar-refractivity contribution in [2.24, 2.45) is 0 Å². The molecule has 12 heavy (non-hydrogen) atoms. The molecule has 0 saturated carbocycles. The summed E-state index contributed by atoms with van der Waals surface area (Å²) >= 11 is 3.24. The summed E-state index contributed by atoms with van der Waals surface area (Å²) in [5.41, 5.74) is 2.43. The standard InChI is InChI=1S/C10H12BrN/c1-12(2)10-5-3-9(4-6-10)7-8-11/h3-8H,1-2H3. The molecule has 0 bridgehead atoms. The Hall–Kier alpha value is -0.760. The molecule has 0 saturated heterocycles. The van der Waals surface area contributed by atoms with E-state index in [0.29, 0.717) is 0 Å². The van der Waals surface area contributed by atoms with Crippen molar-refractivity contribution in [2.75, 3.05) is 19.0 Å². The fourth-order valence-corrected chi connectivity index (χ4v) is 1.26. The quantitative estimate of drug-likeness (QED) is 0.748. The van der Waals surface area contributed by atoms with Crippen LogP contribution in [0.4, 0.5) is 5.69 Å². The van der Waals surface area contributed by atoms with Crippen molar-refractivity contribution in [2.45, 2.75) is 0 Å². The average Bonchev–Trinajstić information content (AvgIpc) is 2.06. The zero-order chi connectivity index (χ0) is 8.97. The average molecular weight is 226 g/mol. The van der Waals surface area contributed by atoms with Crippen LogP contribution in [0.15, 0.2) is 29.3 Å². The molecule has 0 aliphatic carbocycles. The van der Waals surface area contributed by atoms with Crippen molar-refractivity contribution in [3.05, 3.63) is 34.8 Å². The van der Waals surface area contributed by atoms with E-state index in [4.69, 9.17) is 0 Å². The van der Waals surface area contributed by atoms with Crippen molar-refractivity contribution in [1.82, 2.24) is 0 Å². The molecule has 0 radical (unpaired) electrons. The maximum atomic E-state index is 3.24. The second-order valence-electron chi connectivity index (χ2n) is 2.78. The SMILES string of the molecule is CN(C)c1ccc(C=CBr)cc1. The summed E-state index contributed by atoms with van der Waals surface area (Å²) in [6, 6.07) is 8.38. The Bertz CT molecular complexity index is 262. The lowest BCUT2D eigenvalue weighted by Crippen LogP contribution is -2.07. The third kappa shape index (κ3) is 2.38. The number of hydrogen-bond donors (Lipinski definition) is 0. The molecule has 0 unspecified atom stereocenters. The normalized spacial score (nSPS) is 10.6. The number of benzene rings is 1. The predicted octanol–water partition coefficient (Wildman–Crippen LogP) is 3.12. The van der Waals surface area contributed by atoms with E-state index in [1.807, 2.05) is 25.2 Å². The van der Waals surface area contributed by atoms with Crippen molar-refractivity contribution >= 4 is 27.7 Å². The summed E-state index contributed by atoms with van der Waals surface area (Å²) in [6.07, 6.45) is 2.01. The number of hydrogen-bond acceptors (Lipinski definition) is 1. The van der Waals surface area contributed by atoms with Crippen LogP contribution < -0.4 is 4.90 Å². The van der Waals surface area contributed by atoms with Gasteiger partial charge in [-0.15, -0.1) is 0 Å². The van der Waals surface area contributed by atoms with Crippen LogP contribution in [0, 0.1) is 0 Å². The Morgan fingerprint density at radius 3 is 2.17 bits per heavy atom. The first-order valence-electron chi connectivity index (χ1n) is 3.78. The van der Waals surface area contributed by atoms with E-state index in [-0.39, 0.29) is 0 Å². The smallest absolute Gasteiger partial charge is 0.0361 e. The van der Waals surface area contributed by atoms with E-state index in [2.05, 4.69) is 45.1 Å². The molecule has 0 aliphatic heterocycles. The highest BCUT2D eigenvalue weighted by atomic mass is 79.9. The largest absolute Gasteiger partial charge is 0.378 e. The van der Waals surface area contributed by atoms with Crippen LogP contribution in [0.25, 0.3) is 6.08 Å². The van der Waals surface area contributed by atoms with Gasteiger partial charge >= 0.3 is 0 Å². The maximum absolute atomic E-state index is 3.24. The maximum Gasteiger partial charge on any atom is 0.0361 e. The highest BCUT2D eigenvalue weighted by Gasteiger charge is 1.92. The molecule has 64 valence electrons. The van der Waals surface area contributed by atoms with Gasteiger partial charge in [0.05, 0.1) is 0 Å². The molecule has 0 atom stereocenters. The fraction of sp³-hybridized carbons (Fsp3) is 0.200. The van der Waals surface area contributed by atoms with Crippen LogP contribution in [-0.2, 0) is 0 Å². The molecule has 2 heteroatoms. The third-order valence-electron chi connectivity index (χ3n) is 1.66. The van der Waals surface area contributed by atoms with Gasteiger partial charge in [0, 0.05) is 19.8 Å². The summed E-state index contributed by atoms with van der Waals surface area (Å²) in [5, 5.41) is 0. The summed E-state index contributed by atoms with van der Waals surface area (Å²) in [7, 11) is 4.07. The second kappa shape index (κ2) is 4.31. The summed E-state index contributed by atoms with van der Waals surface area (Å²) in [5.74, 6) is 0. The molecule has 0 N–H and O–H groups in total. The van der Waals surface area contributed by atoms with Crippen LogP contribution in [-0.4, -0.2) is 14.1 Å². The number of rotatable bonds is 2. The summed E-state index contributed by atoms with van der Waals surface area (Å²) in [6.45, 7) is 0. The van der Waals surface area contributed by atoms with Gasteiger partial charge in [-0.05, 0) is 28.8 Å². The molecule has 0 fully saturated rings. The molecule has 0 aliphatic rings. The van der Waals surface area contributed by atoms with Crippen molar-refractivity contribution < 1.29 is 0 Å². The molecular formula is C10H12BrN. The Kier molecular flexibility index (Phi) is 3.35. The second-order valence-corrected chi connectivity index (χ2v) is 3.31. The van der Waals surface area contributed by atoms with E-state index in [1.165, 1.54) is 11.3 Å². The van der Waals surface area contributed by atoms with Gasteiger partial charge in [-0.1, -0.05) is 28.1 Å². The number of anilines is 1. The minimum absolute atomic E-state index is 1.21. The van der Waals surface area contributed by atoms with Gasteiger partial charge in [0.25, 0.3) is 0 Å².